The highest BCUT2D eigenvalue weighted by Gasteiger charge is 2.34. The Morgan fingerprint density at radius 2 is 1.72 bits per heavy atom. The molecule has 2 rings (SSSR count). The number of amides is 2. The first-order valence-electron chi connectivity index (χ1n) is 7.93. The van der Waals surface area contributed by atoms with Gasteiger partial charge < -0.3 is 15.4 Å². The molecule has 0 heterocycles. The summed E-state index contributed by atoms with van der Waals surface area (Å²) in [5.41, 5.74) is -2.13. The number of carbonyl (C=O) groups is 3. The summed E-state index contributed by atoms with van der Waals surface area (Å²) >= 11 is 5.70. The number of ether oxygens (including phenoxy) is 1. The van der Waals surface area contributed by atoms with Gasteiger partial charge in [0, 0.05) is 0 Å². The molecule has 0 saturated heterocycles. The molecule has 0 unspecified atom stereocenters. The van der Waals surface area contributed by atoms with E-state index in [4.69, 9.17) is 11.6 Å². The van der Waals surface area contributed by atoms with Crippen molar-refractivity contribution < 1.29 is 36.7 Å². The average Bonchev–Trinajstić information content (AvgIpc) is 2.65. The zero-order chi connectivity index (χ0) is 21.6. The number of alkyl halides is 3. The summed E-state index contributed by atoms with van der Waals surface area (Å²) in [6.07, 6.45) is -4.76. The number of hydrogen-bond acceptors (Lipinski definition) is 4. The Labute approximate surface area is 166 Å². The molecule has 11 heteroatoms. The number of carbonyl (C=O) groups excluding carboxylic acids is 3. The molecular weight excluding hydrogens is 420 g/mol. The van der Waals surface area contributed by atoms with E-state index in [9.17, 15) is 31.9 Å². The molecule has 2 aromatic rings. The zero-order valence-electron chi connectivity index (χ0n) is 14.5. The van der Waals surface area contributed by atoms with Gasteiger partial charge in [-0.15, -0.1) is 0 Å². The van der Waals surface area contributed by atoms with E-state index in [2.05, 4.69) is 10.1 Å². The van der Waals surface area contributed by atoms with Crippen LogP contribution in [0.2, 0.25) is 5.02 Å². The third kappa shape index (κ3) is 6.18. The Bertz CT molecular complexity index is 934. The molecule has 0 spiro atoms. The normalized spacial score (nSPS) is 10.9. The summed E-state index contributed by atoms with van der Waals surface area (Å²) < 4.78 is 57.0. The number of anilines is 1. The zero-order valence-corrected chi connectivity index (χ0v) is 15.2. The van der Waals surface area contributed by atoms with E-state index in [0.717, 1.165) is 24.3 Å². The predicted molar refractivity (Wildman–Crippen MR) is 94.8 cm³/mol. The van der Waals surface area contributed by atoms with Crippen molar-refractivity contribution in [3.8, 4) is 0 Å². The largest absolute Gasteiger partial charge is 0.454 e. The van der Waals surface area contributed by atoms with Crippen molar-refractivity contribution in [1.82, 2.24) is 5.32 Å². The Balaban J connectivity index is 1.88. The van der Waals surface area contributed by atoms with Crippen molar-refractivity contribution >= 4 is 35.1 Å². The minimum Gasteiger partial charge on any atom is -0.454 e. The third-order valence-corrected chi connectivity index (χ3v) is 3.77. The molecule has 0 radical (unpaired) electrons. The molecule has 0 saturated carbocycles. The first kappa shape index (κ1) is 22.2. The molecule has 0 bridgehead atoms. The van der Waals surface area contributed by atoms with E-state index >= 15 is 0 Å². The summed E-state index contributed by atoms with van der Waals surface area (Å²) in [6, 6.07) is 8.00. The lowest BCUT2D eigenvalue weighted by Gasteiger charge is -2.15. The van der Waals surface area contributed by atoms with Crippen molar-refractivity contribution in [2.75, 3.05) is 18.5 Å². The maximum atomic E-state index is 13.5. The van der Waals surface area contributed by atoms with Gasteiger partial charge in [0.25, 0.3) is 11.8 Å². The van der Waals surface area contributed by atoms with E-state index in [0.29, 0.717) is 0 Å². The van der Waals surface area contributed by atoms with Crippen LogP contribution < -0.4 is 10.6 Å². The molecule has 0 aliphatic rings. The molecule has 0 aromatic heterocycles. The van der Waals surface area contributed by atoms with Crippen molar-refractivity contribution in [3.05, 3.63) is 64.4 Å². The molecule has 6 nitrogen and oxygen atoms in total. The van der Waals surface area contributed by atoms with Crippen LogP contribution in [0.15, 0.2) is 42.5 Å². The summed E-state index contributed by atoms with van der Waals surface area (Å²) in [5.74, 6) is -3.80. The topological polar surface area (TPSA) is 84.5 Å². The first-order valence-corrected chi connectivity index (χ1v) is 8.31. The van der Waals surface area contributed by atoms with Gasteiger partial charge in [0.15, 0.2) is 6.61 Å². The van der Waals surface area contributed by atoms with Gasteiger partial charge in [0.05, 0.1) is 21.8 Å². The Hall–Kier alpha value is -3.14. The minimum atomic E-state index is -4.76. The van der Waals surface area contributed by atoms with Gasteiger partial charge in [-0.05, 0) is 24.3 Å². The van der Waals surface area contributed by atoms with Gasteiger partial charge in [0.2, 0.25) is 0 Å². The molecule has 2 aromatic carbocycles. The fourth-order valence-electron chi connectivity index (χ4n) is 2.15. The van der Waals surface area contributed by atoms with Crippen LogP contribution in [-0.4, -0.2) is 30.9 Å². The fraction of sp³-hybridized carbons (Fsp3) is 0.167. The van der Waals surface area contributed by atoms with Gasteiger partial charge in [-0.3, -0.25) is 14.4 Å². The maximum Gasteiger partial charge on any atom is 0.418 e. The molecule has 0 atom stereocenters. The van der Waals surface area contributed by atoms with Gasteiger partial charge >= 0.3 is 12.1 Å². The van der Waals surface area contributed by atoms with E-state index in [-0.39, 0.29) is 10.6 Å². The third-order valence-electron chi connectivity index (χ3n) is 3.46. The fourth-order valence-corrected chi connectivity index (χ4v) is 2.37. The van der Waals surface area contributed by atoms with Crippen LogP contribution in [0.4, 0.5) is 23.2 Å². The van der Waals surface area contributed by atoms with Crippen LogP contribution in [0.5, 0.6) is 0 Å². The molecule has 2 amide bonds. The van der Waals surface area contributed by atoms with E-state index in [1.807, 2.05) is 5.32 Å². The van der Waals surface area contributed by atoms with Crippen molar-refractivity contribution in [1.29, 1.82) is 0 Å². The number of para-hydroxylation sites is 1. The lowest BCUT2D eigenvalue weighted by Crippen LogP contribution is -2.32. The highest BCUT2D eigenvalue weighted by molar-refractivity contribution is 6.34. The van der Waals surface area contributed by atoms with Gasteiger partial charge in [0.1, 0.15) is 12.4 Å². The van der Waals surface area contributed by atoms with Crippen LogP contribution in [-0.2, 0) is 20.5 Å². The number of rotatable bonds is 6. The average molecular weight is 433 g/mol. The molecule has 154 valence electrons. The molecule has 0 aliphatic carbocycles. The van der Waals surface area contributed by atoms with E-state index in [1.54, 1.807) is 0 Å². The number of hydrogen-bond donors (Lipinski definition) is 2. The van der Waals surface area contributed by atoms with Crippen LogP contribution in [0.25, 0.3) is 0 Å². The molecular formula is C18H13ClF4N2O4. The van der Waals surface area contributed by atoms with Gasteiger partial charge in [-0.25, -0.2) is 4.39 Å². The highest BCUT2D eigenvalue weighted by Crippen LogP contribution is 2.38. The number of benzene rings is 2. The molecule has 0 fully saturated rings. The second kappa shape index (κ2) is 9.37. The lowest BCUT2D eigenvalue weighted by molar-refractivity contribution is -0.146. The van der Waals surface area contributed by atoms with Gasteiger partial charge in [-0.2, -0.15) is 13.2 Å². The first-order chi connectivity index (χ1) is 13.6. The van der Waals surface area contributed by atoms with Crippen LogP contribution >= 0.6 is 11.6 Å². The minimum absolute atomic E-state index is 0.295. The van der Waals surface area contributed by atoms with Crippen LogP contribution in [0.3, 0.4) is 0 Å². The summed E-state index contributed by atoms with van der Waals surface area (Å²) in [6.45, 7) is -1.60. The Kier molecular flexibility index (Phi) is 7.16. The standard InChI is InChI=1S/C18H13ClF4N2O4/c19-12-6-3-5-11(18(21,22)23)16(12)25-14(26)9-29-15(27)8-24-17(28)10-4-1-2-7-13(10)20/h1-7H,8-9H2,(H,24,28)(H,25,26). The Morgan fingerprint density at radius 1 is 1.03 bits per heavy atom. The number of halogens is 5. The summed E-state index contributed by atoms with van der Waals surface area (Å²) in [4.78, 5) is 35.2. The Morgan fingerprint density at radius 3 is 2.38 bits per heavy atom. The predicted octanol–water partition coefficient (Wildman–Crippen LogP) is 3.41. The number of nitrogens with one attached hydrogen (secondary N) is 2. The molecule has 2 N–H and O–H groups in total. The quantitative estimate of drug-likeness (QED) is 0.541. The second-order valence-corrected chi connectivity index (χ2v) is 5.94. The number of esters is 1. The molecule has 0 aliphatic heterocycles. The van der Waals surface area contributed by atoms with Gasteiger partial charge in [-0.1, -0.05) is 29.8 Å². The second-order valence-electron chi connectivity index (χ2n) is 5.53. The summed E-state index contributed by atoms with van der Waals surface area (Å²) in [5, 5.41) is 3.68. The monoisotopic (exact) mass is 432 g/mol. The smallest absolute Gasteiger partial charge is 0.418 e. The van der Waals surface area contributed by atoms with Crippen molar-refractivity contribution in [2.24, 2.45) is 0 Å². The van der Waals surface area contributed by atoms with Crippen LogP contribution in [0, 0.1) is 5.82 Å². The SMILES string of the molecule is O=C(COC(=O)CNC(=O)c1ccccc1F)Nc1c(Cl)cccc1C(F)(F)F. The molecule has 29 heavy (non-hydrogen) atoms. The summed E-state index contributed by atoms with van der Waals surface area (Å²) in [7, 11) is 0. The van der Waals surface area contributed by atoms with Crippen molar-refractivity contribution in [3.63, 3.8) is 0 Å². The van der Waals surface area contributed by atoms with Crippen LogP contribution in [0.1, 0.15) is 15.9 Å². The van der Waals surface area contributed by atoms with E-state index < -0.39 is 54.2 Å². The van der Waals surface area contributed by atoms with E-state index in [1.165, 1.54) is 18.2 Å². The lowest BCUT2D eigenvalue weighted by atomic mass is 10.1. The highest BCUT2D eigenvalue weighted by atomic mass is 35.5. The van der Waals surface area contributed by atoms with Crippen molar-refractivity contribution in [2.45, 2.75) is 6.18 Å². The maximum absolute atomic E-state index is 13.5.